The SMILES string of the molecule is CC(N)c1ccc(N2CCCC(C)C2C)cc1Cl. The quantitative estimate of drug-likeness (QED) is 0.877. The van der Waals surface area contributed by atoms with Crippen LogP contribution >= 0.6 is 11.6 Å². The zero-order chi connectivity index (χ0) is 13.3. The van der Waals surface area contributed by atoms with Crippen molar-refractivity contribution < 1.29 is 0 Å². The summed E-state index contributed by atoms with van der Waals surface area (Å²) in [7, 11) is 0. The Morgan fingerprint density at radius 2 is 2.11 bits per heavy atom. The third kappa shape index (κ3) is 2.65. The van der Waals surface area contributed by atoms with E-state index in [1.165, 1.54) is 18.5 Å². The van der Waals surface area contributed by atoms with E-state index in [-0.39, 0.29) is 6.04 Å². The van der Waals surface area contributed by atoms with Gasteiger partial charge in [0.1, 0.15) is 0 Å². The Bertz CT molecular complexity index is 417. The van der Waals surface area contributed by atoms with Crippen molar-refractivity contribution in [1.29, 1.82) is 0 Å². The Hall–Kier alpha value is -0.730. The van der Waals surface area contributed by atoms with Crippen molar-refractivity contribution in [3.8, 4) is 0 Å². The Balaban J connectivity index is 2.26. The average molecular weight is 267 g/mol. The smallest absolute Gasteiger partial charge is 0.0474 e. The molecule has 1 fully saturated rings. The van der Waals surface area contributed by atoms with Crippen molar-refractivity contribution >= 4 is 17.3 Å². The maximum atomic E-state index is 6.32. The lowest BCUT2D eigenvalue weighted by Gasteiger charge is -2.39. The minimum absolute atomic E-state index is 0.00995. The van der Waals surface area contributed by atoms with Crippen LogP contribution in [-0.2, 0) is 0 Å². The number of piperidine rings is 1. The molecular weight excluding hydrogens is 244 g/mol. The molecule has 0 bridgehead atoms. The fraction of sp³-hybridized carbons (Fsp3) is 0.600. The fourth-order valence-corrected chi connectivity index (χ4v) is 3.11. The van der Waals surface area contributed by atoms with E-state index in [9.17, 15) is 0 Å². The molecule has 0 radical (unpaired) electrons. The molecule has 2 nitrogen and oxygen atoms in total. The van der Waals surface area contributed by atoms with Gasteiger partial charge in [-0.25, -0.2) is 0 Å². The number of hydrogen-bond acceptors (Lipinski definition) is 2. The summed E-state index contributed by atoms with van der Waals surface area (Å²) in [4.78, 5) is 2.46. The van der Waals surface area contributed by atoms with Crippen molar-refractivity contribution in [2.45, 2.75) is 45.7 Å². The number of anilines is 1. The van der Waals surface area contributed by atoms with Crippen molar-refractivity contribution in [1.82, 2.24) is 0 Å². The molecule has 3 heteroatoms. The highest BCUT2D eigenvalue weighted by Gasteiger charge is 2.25. The van der Waals surface area contributed by atoms with Crippen LogP contribution in [0.15, 0.2) is 18.2 Å². The van der Waals surface area contributed by atoms with Gasteiger partial charge in [-0.2, -0.15) is 0 Å². The van der Waals surface area contributed by atoms with Crippen LogP contribution < -0.4 is 10.6 Å². The van der Waals surface area contributed by atoms with E-state index in [0.717, 1.165) is 23.0 Å². The second kappa shape index (κ2) is 5.50. The highest BCUT2D eigenvalue weighted by molar-refractivity contribution is 6.31. The molecule has 0 amide bonds. The number of rotatable bonds is 2. The van der Waals surface area contributed by atoms with Gasteiger partial charge < -0.3 is 10.6 Å². The third-order valence-corrected chi connectivity index (χ3v) is 4.51. The van der Waals surface area contributed by atoms with Crippen LogP contribution in [0.4, 0.5) is 5.69 Å². The molecule has 0 aromatic heterocycles. The summed E-state index contributed by atoms with van der Waals surface area (Å²) < 4.78 is 0. The normalized spacial score (nSPS) is 26.2. The first kappa shape index (κ1) is 13.7. The average Bonchev–Trinajstić information content (AvgIpc) is 2.32. The molecule has 1 aromatic rings. The van der Waals surface area contributed by atoms with Crippen LogP contribution in [0.1, 0.15) is 45.2 Å². The Morgan fingerprint density at radius 1 is 1.39 bits per heavy atom. The van der Waals surface area contributed by atoms with Gasteiger partial charge in [-0.05, 0) is 50.3 Å². The van der Waals surface area contributed by atoms with Gasteiger partial charge in [0.15, 0.2) is 0 Å². The Labute approximate surface area is 115 Å². The van der Waals surface area contributed by atoms with Gasteiger partial charge in [-0.1, -0.05) is 24.6 Å². The van der Waals surface area contributed by atoms with Gasteiger partial charge in [0.25, 0.3) is 0 Å². The second-order valence-electron chi connectivity index (χ2n) is 5.55. The van der Waals surface area contributed by atoms with Crippen LogP contribution in [0.25, 0.3) is 0 Å². The molecule has 1 aromatic carbocycles. The summed E-state index contributed by atoms with van der Waals surface area (Å²) >= 11 is 6.32. The summed E-state index contributed by atoms with van der Waals surface area (Å²) in [5.74, 6) is 0.741. The van der Waals surface area contributed by atoms with Gasteiger partial charge >= 0.3 is 0 Å². The van der Waals surface area contributed by atoms with E-state index >= 15 is 0 Å². The van der Waals surface area contributed by atoms with Crippen LogP contribution in [0.2, 0.25) is 5.02 Å². The number of nitrogens with two attached hydrogens (primary N) is 1. The molecule has 2 N–H and O–H groups in total. The summed E-state index contributed by atoms with van der Waals surface area (Å²) in [6, 6.07) is 6.85. The Kier molecular flexibility index (Phi) is 4.18. The van der Waals surface area contributed by atoms with E-state index in [2.05, 4.69) is 36.9 Å². The molecule has 0 aliphatic carbocycles. The van der Waals surface area contributed by atoms with Gasteiger partial charge in [0.05, 0.1) is 0 Å². The molecule has 3 unspecified atom stereocenters. The first-order valence-electron chi connectivity index (χ1n) is 6.82. The third-order valence-electron chi connectivity index (χ3n) is 4.18. The highest BCUT2D eigenvalue weighted by Crippen LogP contribution is 2.32. The maximum absolute atomic E-state index is 6.32. The van der Waals surface area contributed by atoms with Crippen molar-refractivity contribution in [2.24, 2.45) is 11.7 Å². The first-order chi connectivity index (χ1) is 8.50. The summed E-state index contributed by atoms with van der Waals surface area (Å²) in [5.41, 5.74) is 8.15. The van der Waals surface area contributed by atoms with E-state index in [1.807, 2.05) is 6.92 Å². The van der Waals surface area contributed by atoms with Crippen LogP contribution in [0.5, 0.6) is 0 Å². The van der Waals surface area contributed by atoms with Crippen LogP contribution in [-0.4, -0.2) is 12.6 Å². The van der Waals surface area contributed by atoms with E-state index < -0.39 is 0 Å². The molecule has 18 heavy (non-hydrogen) atoms. The van der Waals surface area contributed by atoms with E-state index in [1.54, 1.807) is 0 Å². The van der Waals surface area contributed by atoms with Gasteiger partial charge in [-0.15, -0.1) is 0 Å². The van der Waals surface area contributed by atoms with Gasteiger partial charge in [0, 0.05) is 29.3 Å². The van der Waals surface area contributed by atoms with Gasteiger partial charge in [0.2, 0.25) is 0 Å². The molecule has 1 aliphatic rings. The zero-order valence-electron chi connectivity index (χ0n) is 11.5. The summed E-state index contributed by atoms with van der Waals surface area (Å²) in [5, 5.41) is 0.785. The molecular formula is C15H23ClN2. The highest BCUT2D eigenvalue weighted by atomic mass is 35.5. The minimum atomic E-state index is -0.00995. The molecule has 1 heterocycles. The topological polar surface area (TPSA) is 29.3 Å². The van der Waals surface area contributed by atoms with Crippen LogP contribution in [0.3, 0.4) is 0 Å². The number of halogens is 1. The number of hydrogen-bond donors (Lipinski definition) is 1. The lowest BCUT2D eigenvalue weighted by molar-refractivity contribution is 0.363. The molecule has 0 spiro atoms. The fourth-order valence-electron chi connectivity index (χ4n) is 2.76. The zero-order valence-corrected chi connectivity index (χ0v) is 12.2. The molecule has 1 aliphatic heterocycles. The molecule has 3 atom stereocenters. The van der Waals surface area contributed by atoms with Crippen molar-refractivity contribution in [3.63, 3.8) is 0 Å². The van der Waals surface area contributed by atoms with Gasteiger partial charge in [-0.3, -0.25) is 0 Å². The largest absolute Gasteiger partial charge is 0.369 e. The molecule has 0 saturated carbocycles. The van der Waals surface area contributed by atoms with Crippen molar-refractivity contribution in [3.05, 3.63) is 28.8 Å². The first-order valence-corrected chi connectivity index (χ1v) is 7.20. The number of benzene rings is 1. The Morgan fingerprint density at radius 3 is 2.72 bits per heavy atom. The van der Waals surface area contributed by atoms with Crippen LogP contribution in [0, 0.1) is 5.92 Å². The lowest BCUT2D eigenvalue weighted by atomic mass is 9.91. The predicted octanol–water partition coefficient (Wildman–Crippen LogP) is 3.98. The molecule has 2 rings (SSSR count). The summed E-state index contributed by atoms with van der Waals surface area (Å²) in [6.07, 6.45) is 2.58. The van der Waals surface area contributed by atoms with Crippen molar-refractivity contribution in [2.75, 3.05) is 11.4 Å². The predicted molar refractivity (Wildman–Crippen MR) is 79.3 cm³/mol. The summed E-state index contributed by atoms with van der Waals surface area (Å²) in [6.45, 7) is 7.72. The maximum Gasteiger partial charge on any atom is 0.0474 e. The molecule has 1 saturated heterocycles. The number of nitrogens with zero attached hydrogens (tertiary/aromatic N) is 1. The van der Waals surface area contributed by atoms with E-state index in [4.69, 9.17) is 17.3 Å². The minimum Gasteiger partial charge on any atom is -0.369 e. The standard InChI is InChI=1S/C15H23ClN2/c1-10-5-4-8-18(12(10)3)13-6-7-14(11(2)17)15(16)9-13/h6-7,9-12H,4-5,8,17H2,1-3H3. The van der Waals surface area contributed by atoms with E-state index in [0.29, 0.717) is 6.04 Å². The second-order valence-corrected chi connectivity index (χ2v) is 5.96. The lowest BCUT2D eigenvalue weighted by Crippen LogP contribution is -2.42. The molecule has 100 valence electrons. The monoisotopic (exact) mass is 266 g/mol.